The highest BCUT2D eigenvalue weighted by Crippen LogP contribution is 2.15. The number of para-hydroxylation sites is 1. The molecule has 0 radical (unpaired) electrons. The van der Waals surface area contributed by atoms with Crippen LogP contribution < -0.4 is 10.6 Å². The van der Waals surface area contributed by atoms with Crippen LogP contribution in [0.25, 0.3) is 10.9 Å². The zero-order valence-corrected chi connectivity index (χ0v) is 18.6. The smallest absolute Gasteiger partial charge is 0.191 e. The zero-order valence-electron chi connectivity index (χ0n) is 16.3. The maximum Gasteiger partial charge on any atom is 0.191 e. The first-order valence-electron chi connectivity index (χ1n) is 9.82. The second-order valence-electron chi connectivity index (χ2n) is 6.83. The lowest BCUT2D eigenvalue weighted by atomic mass is 10.2. The molecule has 0 saturated carbocycles. The Kier molecular flexibility index (Phi) is 7.30. The van der Waals surface area contributed by atoms with Crippen molar-refractivity contribution in [3.63, 3.8) is 0 Å². The number of hydrogen-bond donors (Lipinski definition) is 2. The van der Waals surface area contributed by atoms with E-state index in [1.165, 1.54) is 10.9 Å². The van der Waals surface area contributed by atoms with Crippen molar-refractivity contribution >= 4 is 40.8 Å². The quantitative estimate of drug-likeness (QED) is 0.230. The fraction of sp³-hybridized carbons (Fsp3) is 0.450. The van der Waals surface area contributed by atoms with Gasteiger partial charge in [0.2, 0.25) is 0 Å². The summed E-state index contributed by atoms with van der Waals surface area (Å²) in [5, 5.41) is 16.6. The normalized spacial score (nSPS) is 13.4. The lowest BCUT2D eigenvalue weighted by Gasteiger charge is -2.12. The van der Waals surface area contributed by atoms with E-state index in [1.807, 2.05) is 0 Å². The van der Waals surface area contributed by atoms with Crippen molar-refractivity contribution in [1.82, 2.24) is 30.0 Å². The van der Waals surface area contributed by atoms with Crippen LogP contribution in [0.2, 0.25) is 0 Å². The fourth-order valence-electron chi connectivity index (χ4n) is 3.61. The predicted octanol–water partition coefficient (Wildman–Crippen LogP) is 2.94. The van der Waals surface area contributed by atoms with E-state index in [0.29, 0.717) is 6.54 Å². The van der Waals surface area contributed by atoms with Crippen LogP contribution in [0.5, 0.6) is 0 Å². The molecular weight excluding hydrogens is 465 g/mol. The summed E-state index contributed by atoms with van der Waals surface area (Å²) in [4.78, 5) is 4.68. The van der Waals surface area contributed by atoms with E-state index in [1.54, 1.807) is 0 Å². The first-order valence-corrected chi connectivity index (χ1v) is 9.82. The number of aliphatic imine (C=N–C) groups is 1. The number of guanidine groups is 1. The van der Waals surface area contributed by atoms with Gasteiger partial charge in [0.05, 0.1) is 0 Å². The first kappa shape index (κ1) is 20.6. The van der Waals surface area contributed by atoms with Crippen molar-refractivity contribution in [2.24, 2.45) is 4.99 Å². The van der Waals surface area contributed by atoms with Gasteiger partial charge >= 0.3 is 0 Å². The average Bonchev–Trinajstić information content (AvgIpc) is 3.39. The van der Waals surface area contributed by atoms with Crippen molar-refractivity contribution < 1.29 is 0 Å². The Bertz CT molecular complexity index is 928. The van der Waals surface area contributed by atoms with Crippen LogP contribution in [0.3, 0.4) is 0 Å². The Hall–Kier alpha value is -2.10. The molecule has 8 heteroatoms. The number of rotatable bonds is 7. The van der Waals surface area contributed by atoms with Crippen LogP contribution in [0.15, 0.2) is 41.5 Å². The summed E-state index contributed by atoms with van der Waals surface area (Å²) >= 11 is 0. The molecule has 0 aliphatic carbocycles. The maximum absolute atomic E-state index is 4.68. The number of aryl methyl sites for hydroxylation is 2. The molecule has 2 N–H and O–H groups in total. The minimum Gasteiger partial charge on any atom is -0.357 e. The van der Waals surface area contributed by atoms with Gasteiger partial charge in [-0.25, -0.2) is 4.99 Å². The van der Waals surface area contributed by atoms with Crippen LogP contribution in [0.4, 0.5) is 0 Å². The van der Waals surface area contributed by atoms with Gasteiger partial charge in [0, 0.05) is 44.3 Å². The second kappa shape index (κ2) is 9.90. The minimum atomic E-state index is 0. The van der Waals surface area contributed by atoms with E-state index in [-0.39, 0.29) is 24.0 Å². The van der Waals surface area contributed by atoms with Gasteiger partial charge in [-0.15, -0.1) is 34.2 Å². The van der Waals surface area contributed by atoms with E-state index in [2.05, 4.69) is 78.4 Å². The molecule has 7 nitrogen and oxygen atoms in total. The monoisotopic (exact) mass is 493 g/mol. The van der Waals surface area contributed by atoms with E-state index in [4.69, 9.17) is 0 Å². The summed E-state index contributed by atoms with van der Waals surface area (Å²) in [7, 11) is 0. The number of nitrogens with zero attached hydrogens (tertiary/aromatic N) is 5. The Balaban J connectivity index is 0.00000225. The van der Waals surface area contributed by atoms with Crippen molar-refractivity contribution in [3.8, 4) is 0 Å². The van der Waals surface area contributed by atoms with Gasteiger partial charge in [0.15, 0.2) is 11.8 Å². The molecule has 1 aromatic carbocycles. The SMILES string of the molecule is CCNC(=NCc1nnc2n1CCC2)NCCCn1ccc2ccccc21.I. The summed E-state index contributed by atoms with van der Waals surface area (Å²) in [6.45, 7) is 6.35. The van der Waals surface area contributed by atoms with E-state index < -0.39 is 0 Å². The summed E-state index contributed by atoms with van der Waals surface area (Å²) in [5.74, 6) is 2.89. The number of aromatic nitrogens is 4. The zero-order chi connectivity index (χ0) is 18.5. The molecular formula is C20H28IN7. The molecule has 4 rings (SSSR count). The molecule has 0 unspecified atom stereocenters. The Morgan fingerprint density at radius 1 is 1.18 bits per heavy atom. The molecule has 1 aliphatic rings. The van der Waals surface area contributed by atoms with Gasteiger partial charge in [-0.3, -0.25) is 0 Å². The predicted molar refractivity (Wildman–Crippen MR) is 123 cm³/mol. The van der Waals surface area contributed by atoms with Crippen LogP contribution in [-0.2, 0) is 26.1 Å². The Morgan fingerprint density at radius 2 is 2.07 bits per heavy atom. The molecule has 0 saturated heterocycles. The molecule has 2 aromatic heterocycles. The average molecular weight is 493 g/mol. The third kappa shape index (κ3) is 4.65. The minimum absolute atomic E-state index is 0. The number of hydrogen-bond acceptors (Lipinski definition) is 3. The van der Waals surface area contributed by atoms with Crippen molar-refractivity contribution in [3.05, 3.63) is 48.2 Å². The standard InChI is InChI=1S/C20H27N7.HI/c1-2-21-20(23-15-19-25-24-18-9-5-13-27(18)19)22-11-6-12-26-14-10-16-7-3-4-8-17(16)26;/h3-4,7-8,10,14H,2,5-6,9,11-13,15H2,1H3,(H2,21,22,23);1H. The molecule has 150 valence electrons. The number of nitrogens with one attached hydrogen (secondary N) is 2. The molecule has 0 amide bonds. The van der Waals surface area contributed by atoms with Crippen molar-refractivity contribution in [2.45, 2.75) is 45.8 Å². The molecule has 28 heavy (non-hydrogen) atoms. The highest BCUT2D eigenvalue weighted by molar-refractivity contribution is 14.0. The lowest BCUT2D eigenvalue weighted by Crippen LogP contribution is -2.38. The molecule has 0 spiro atoms. The van der Waals surface area contributed by atoms with Crippen LogP contribution in [0, 0.1) is 0 Å². The Labute approximate surface area is 182 Å². The van der Waals surface area contributed by atoms with E-state index >= 15 is 0 Å². The van der Waals surface area contributed by atoms with Crippen LogP contribution in [-0.4, -0.2) is 38.4 Å². The third-order valence-corrected chi connectivity index (χ3v) is 4.96. The van der Waals surface area contributed by atoms with Gasteiger partial charge in [-0.1, -0.05) is 18.2 Å². The summed E-state index contributed by atoms with van der Waals surface area (Å²) < 4.78 is 4.50. The van der Waals surface area contributed by atoms with Gasteiger partial charge in [-0.2, -0.15) is 0 Å². The van der Waals surface area contributed by atoms with Crippen molar-refractivity contribution in [2.75, 3.05) is 13.1 Å². The molecule has 1 aliphatic heterocycles. The second-order valence-corrected chi connectivity index (χ2v) is 6.83. The molecule has 3 aromatic rings. The van der Waals surface area contributed by atoms with Gasteiger partial charge < -0.3 is 19.8 Å². The topological polar surface area (TPSA) is 72.1 Å². The van der Waals surface area contributed by atoms with E-state index in [0.717, 1.165) is 63.0 Å². The molecule has 0 bridgehead atoms. The molecule has 0 fully saturated rings. The largest absolute Gasteiger partial charge is 0.357 e. The number of benzene rings is 1. The van der Waals surface area contributed by atoms with Crippen molar-refractivity contribution in [1.29, 1.82) is 0 Å². The number of halogens is 1. The molecule has 3 heterocycles. The summed E-state index contributed by atoms with van der Waals surface area (Å²) in [5.41, 5.74) is 1.29. The first-order chi connectivity index (χ1) is 13.3. The van der Waals surface area contributed by atoms with E-state index in [9.17, 15) is 0 Å². The van der Waals surface area contributed by atoms with Gasteiger partial charge in [0.1, 0.15) is 12.4 Å². The summed E-state index contributed by atoms with van der Waals surface area (Å²) in [6, 6.07) is 10.7. The maximum atomic E-state index is 4.68. The van der Waals surface area contributed by atoms with Gasteiger partial charge in [0.25, 0.3) is 0 Å². The van der Waals surface area contributed by atoms with Gasteiger partial charge in [-0.05, 0) is 37.3 Å². The fourth-order valence-corrected chi connectivity index (χ4v) is 3.61. The van der Waals surface area contributed by atoms with Crippen LogP contribution >= 0.6 is 24.0 Å². The number of fused-ring (bicyclic) bond motifs is 2. The summed E-state index contributed by atoms with van der Waals surface area (Å²) in [6.07, 6.45) is 5.39. The van der Waals surface area contributed by atoms with Crippen LogP contribution in [0.1, 0.15) is 31.4 Å². The highest BCUT2D eigenvalue weighted by atomic mass is 127. The molecule has 0 atom stereocenters. The Morgan fingerprint density at radius 3 is 2.96 bits per heavy atom. The highest BCUT2D eigenvalue weighted by Gasteiger charge is 2.16. The third-order valence-electron chi connectivity index (χ3n) is 4.96. The lowest BCUT2D eigenvalue weighted by molar-refractivity contribution is 0.639.